The topological polar surface area (TPSA) is 101 Å². The minimum atomic E-state index is -0.720. The van der Waals surface area contributed by atoms with E-state index in [1.165, 1.54) is 6.26 Å². The lowest BCUT2D eigenvalue weighted by molar-refractivity contribution is -0.136. The fourth-order valence-electron chi connectivity index (χ4n) is 3.70. The van der Waals surface area contributed by atoms with Crippen LogP contribution in [0, 0.1) is 0 Å². The van der Waals surface area contributed by atoms with E-state index < -0.39 is 11.8 Å². The molecule has 1 aromatic heterocycles. The number of hydrogen-bond acceptors (Lipinski definition) is 5. The van der Waals surface area contributed by atoms with Gasteiger partial charge in [0, 0.05) is 31.1 Å². The minimum Gasteiger partial charge on any atom is -0.459 e. The number of hydrogen-bond donors (Lipinski definition) is 2. The van der Waals surface area contributed by atoms with E-state index >= 15 is 0 Å². The summed E-state index contributed by atoms with van der Waals surface area (Å²) in [5, 5.41) is 5.23. The van der Waals surface area contributed by atoms with Crippen LogP contribution in [0.15, 0.2) is 41.0 Å². The maximum atomic E-state index is 12.7. The molecule has 1 fully saturated rings. The molecule has 0 bridgehead atoms. The Hall–Kier alpha value is -3.13. The molecule has 29 heavy (non-hydrogen) atoms. The van der Waals surface area contributed by atoms with E-state index in [9.17, 15) is 14.4 Å². The highest BCUT2D eigenvalue weighted by Crippen LogP contribution is 2.31. The molecule has 1 aromatic carbocycles. The first-order chi connectivity index (χ1) is 14.1. The lowest BCUT2D eigenvalue weighted by Crippen LogP contribution is -2.39. The summed E-state index contributed by atoms with van der Waals surface area (Å²) in [5.74, 6) is -1.31. The SMILES string of the molecule is O=C(NC[C@H]1CCCO1)C(=O)Nc1ccc2c(c1)CCCN2C(=O)c1ccco1. The van der Waals surface area contributed by atoms with Crippen molar-refractivity contribution in [2.45, 2.75) is 31.8 Å². The summed E-state index contributed by atoms with van der Waals surface area (Å²) < 4.78 is 10.7. The van der Waals surface area contributed by atoms with Crippen LogP contribution in [0.3, 0.4) is 0 Å². The third-order valence-corrected chi connectivity index (χ3v) is 5.15. The van der Waals surface area contributed by atoms with Gasteiger partial charge >= 0.3 is 11.8 Å². The summed E-state index contributed by atoms with van der Waals surface area (Å²) in [4.78, 5) is 38.5. The molecule has 3 heterocycles. The summed E-state index contributed by atoms with van der Waals surface area (Å²) in [6.07, 6.45) is 4.90. The van der Waals surface area contributed by atoms with Crippen molar-refractivity contribution in [1.29, 1.82) is 0 Å². The third kappa shape index (κ3) is 4.32. The standard InChI is InChI=1S/C21H23N3O5/c25-19(22-13-16-5-2-10-28-16)20(26)23-15-7-8-17-14(12-15)4-1-9-24(17)21(27)18-6-3-11-29-18/h3,6-8,11-12,16H,1-2,4-5,9-10,13H2,(H,22,25)(H,23,26)/t16-/m1/s1. The highest BCUT2D eigenvalue weighted by molar-refractivity contribution is 6.39. The van der Waals surface area contributed by atoms with Crippen LogP contribution in [0.4, 0.5) is 11.4 Å². The highest BCUT2D eigenvalue weighted by atomic mass is 16.5. The van der Waals surface area contributed by atoms with E-state index in [1.54, 1.807) is 29.2 Å². The molecular weight excluding hydrogens is 374 g/mol. The Kier molecular flexibility index (Phi) is 5.62. The number of ether oxygens (including phenoxy) is 1. The summed E-state index contributed by atoms with van der Waals surface area (Å²) in [6.45, 7) is 1.63. The van der Waals surface area contributed by atoms with Gasteiger partial charge in [-0.05, 0) is 61.6 Å². The van der Waals surface area contributed by atoms with Crippen LogP contribution in [0.2, 0.25) is 0 Å². The largest absolute Gasteiger partial charge is 0.459 e. The van der Waals surface area contributed by atoms with E-state index in [0.717, 1.165) is 36.9 Å². The summed E-state index contributed by atoms with van der Waals surface area (Å²) in [7, 11) is 0. The number of nitrogens with one attached hydrogen (secondary N) is 2. The molecule has 3 amide bonds. The third-order valence-electron chi connectivity index (χ3n) is 5.15. The van der Waals surface area contributed by atoms with E-state index in [1.807, 2.05) is 6.07 Å². The maximum Gasteiger partial charge on any atom is 0.313 e. The second-order valence-electron chi connectivity index (χ2n) is 7.18. The number of fused-ring (bicyclic) bond motifs is 1. The zero-order chi connectivity index (χ0) is 20.2. The molecule has 152 valence electrons. The number of carbonyl (C=O) groups is 3. The van der Waals surface area contributed by atoms with E-state index in [2.05, 4.69) is 10.6 Å². The van der Waals surface area contributed by atoms with Crippen LogP contribution < -0.4 is 15.5 Å². The Morgan fingerprint density at radius 2 is 2.03 bits per heavy atom. The Morgan fingerprint density at radius 3 is 2.79 bits per heavy atom. The molecule has 4 rings (SSSR count). The molecule has 1 atom stereocenters. The average molecular weight is 397 g/mol. The number of nitrogens with zero attached hydrogens (tertiary/aromatic N) is 1. The van der Waals surface area contributed by atoms with Gasteiger partial charge in [-0.1, -0.05) is 0 Å². The second kappa shape index (κ2) is 8.48. The van der Waals surface area contributed by atoms with Crippen molar-refractivity contribution in [3.8, 4) is 0 Å². The molecule has 8 nitrogen and oxygen atoms in total. The smallest absolute Gasteiger partial charge is 0.313 e. The van der Waals surface area contributed by atoms with Gasteiger partial charge in [-0.15, -0.1) is 0 Å². The van der Waals surface area contributed by atoms with Crippen molar-refractivity contribution in [2.75, 3.05) is 29.9 Å². The molecule has 0 spiro atoms. The summed E-state index contributed by atoms with van der Waals surface area (Å²) >= 11 is 0. The van der Waals surface area contributed by atoms with Crippen LogP contribution in [-0.2, 0) is 20.7 Å². The predicted molar refractivity (Wildman–Crippen MR) is 106 cm³/mol. The number of carbonyl (C=O) groups excluding carboxylic acids is 3. The Balaban J connectivity index is 1.40. The van der Waals surface area contributed by atoms with Gasteiger partial charge in [0.05, 0.1) is 12.4 Å². The quantitative estimate of drug-likeness (QED) is 0.770. The summed E-state index contributed by atoms with van der Waals surface area (Å²) in [6, 6.07) is 8.61. The van der Waals surface area contributed by atoms with Crippen LogP contribution >= 0.6 is 0 Å². The van der Waals surface area contributed by atoms with Gasteiger partial charge < -0.3 is 24.7 Å². The molecule has 2 N–H and O–H groups in total. The van der Waals surface area contributed by atoms with Gasteiger partial charge in [0.15, 0.2) is 5.76 Å². The second-order valence-corrected chi connectivity index (χ2v) is 7.18. The molecular formula is C21H23N3O5. The minimum absolute atomic E-state index is 0.0202. The Morgan fingerprint density at radius 1 is 1.14 bits per heavy atom. The molecule has 2 aliphatic heterocycles. The van der Waals surface area contributed by atoms with E-state index in [0.29, 0.717) is 25.4 Å². The predicted octanol–water partition coefficient (Wildman–Crippen LogP) is 2.11. The van der Waals surface area contributed by atoms with Gasteiger partial charge in [-0.25, -0.2) is 0 Å². The molecule has 2 aliphatic rings. The number of benzene rings is 1. The number of aryl methyl sites for hydroxylation is 1. The van der Waals surface area contributed by atoms with Gasteiger partial charge in [0.2, 0.25) is 0 Å². The molecule has 0 radical (unpaired) electrons. The first-order valence-electron chi connectivity index (χ1n) is 9.81. The summed E-state index contributed by atoms with van der Waals surface area (Å²) in [5.41, 5.74) is 2.25. The van der Waals surface area contributed by atoms with Crippen LogP contribution in [0.25, 0.3) is 0 Å². The van der Waals surface area contributed by atoms with Crippen LogP contribution in [0.1, 0.15) is 35.4 Å². The van der Waals surface area contributed by atoms with Crippen LogP contribution in [-0.4, -0.2) is 43.5 Å². The molecule has 8 heteroatoms. The zero-order valence-electron chi connectivity index (χ0n) is 16.0. The fraction of sp³-hybridized carbons (Fsp3) is 0.381. The maximum absolute atomic E-state index is 12.7. The number of rotatable bonds is 4. The molecule has 0 aliphatic carbocycles. The van der Waals surface area contributed by atoms with Gasteiger partial charge in [-0.3, -0.25) is 14.4 Å². The zero-order valence-corrected chi connectivity index (χ0v) is 16.0. The van der Waals surface area contributed by atoms with Crippen molar-refractivity contribution < 1.29 is 23.5 Å². The van der Waals surface area contributed by atoms with Crippen molar-refractivity contribution in [3.05, 3.63) is 47.9 Å². The van der Waals surface area contributed by atoms with Gasteiger partial charge in [0.1, 0.15) is 0 Å². The van der Waals surface area contributed by atoms with Crippen molar-refractivity contribution >= 4 is 29.1 Å². The van der Waals surface area contributed by atoms with Crippen molar-refractivity contribution in [1.82, 2.24) is 5.32 Å². The highest BCUT2D eigenvalue weighted by Gasteiger charge is 2.26. The first kappa shape index (κ1) is 19.2. The number of anilines is 2. The van der Waals surface area contributed by atoms with Crippen molar-refractivity contribution in [3.63, 3.8) is 0 Å². The number of furan rings is 1. The van der Waals surface area contributed by atoms with Gasteiger partial charge in [-0.2, -0.15) is 0 Å². The molecule has 1 saturated heterocycles. The molecule has 2 aromatic rings. The van der Waals surface area contributed by atoms with Gasteiger partial charge in [0.25, 0.3) is 5.91 Å². The Bertz CT molecular complexity index is 903. The fourth-order valence-corrected chi connectivity index (χ4v) is 3.70. The van der Waals surface area contributed by atoms with Crippen LogP contribution in [0.5, 0.6) is 0 Å². The van der Waals surface area contributed by atoms with E-state index in [4.69, 9.17) is 9.15 Å². The molecule has 0 saturated carbocycles. The normalized spacial score (nSPS) is 18.2. The first-order valence-corrected chi connectivity index (χ1v) is 9.81. The Labute approximate surface area is 168 Å². The lowest BCUT2D eigenvalue weighted by Gasteiger charge is -2.29. The van der Waals surface area contributed by atoms with E-state index in [-0.39, 0.29) is 17.8 Å². The average Bonchev–Trinajstić information content (AvgIpc) is 3.45. The van der Waals surface area contributed by atoms with Crippen molar-refractivity contribution in [2.24, 2.45) is 0 Å². The molecule has 0 unspecified atom stereocenters. The number of amides is 3. The lowest BCUT2D eigenvalue weighted by atomic mass is 10.0. The monoisotopic (exact) mass is 397 g/mol.